The van der Waals surface area contributed by atoms with Crippen molar-refractivity contribution in [3.63, 3.8) is 0 Å². The Hall–Kier alpha value is -2.00. The Kier molecular flexibility index (Phi) is 4.58. The standard InChI is InChI=1S/C14H18N4O4S/c19-13(16-8-5-15-6-9-16)10-2-1-7-17(10)14(20)11-3-4-12(23-11)18(21)22/h3-4,10,15H,1-2,5-9H2. The number of piperazine rings is 1. The van der Waals surface area contributed by atoms with Crippen molar-refractivity contribution in [1.82, 2.24) is 15.1 Å². The molecule has 0 bridgehead atoms. The molecule has 2 aliphatic rings. The van der Waals surface area contributed by atoms with Crippen LogP contribution in [0.3, 0.4) is 0 Å². The van der Waals surface area contributed by atoms with Crippen LogP contribution in [0.1, 0.15) is 22.5 Å². The maximum atomic E-state index is 12.7. The monoisotopic (exact) mass is 338 g/mol. The third kappa shape index (κ3) is 3.20. The molecule has 1 unspecified atom stereocenters. The van der Waals surface area contributed by atoms with Gasteiger partial charge in [0.1, 0.15) is 6.04 Å². The minimum absolute atomic E-state index is 0.0107. The molecule has 1 aromatic heterocycles. The number of hydrogen-bond acceptors (Lipinski definition) is 6. The van der Waals surface area contributed by atoms with Gasteiger partial charge in [-0.2, -0.15) is 0 Å². The van der Waals surface area contributed by atoms with Crippen molar-refractivity contribution in [2.75, 3.05) is 32.7 Å². The molecule has 0 radical (unpaired) electrons. The third-order valence-electron chi connectivity index (χ3n) is 4.21. The van der Waals surface area contributed by atoms with E-state index < -0.39 is 11.0 Å². The molecule has 0 saturated carbocycles. The molecule has 2 aliphatic heterocycles. The summed E-state index contributed by atoms with van der Waals surface area (Å²) in [4.78, 5) is 39.2. The Labute approximate surface area is 137 Å². The Balaban J connectivity index is 1.73. The molecule has 2 amide bonds. The van der Waals surface area contributed by atoms with Gasteiger partial charge in [0.05, 0.1) is 9.80 Å². The van der Waals surface area contributed by atoms with Crippen molar-refractivity contribution in [1.29, 1.82) is 0 Å². The Morgan fingerprint density at radius 2 is 2.00 bits per heavy atom. The summed E-state index contributed by atoms with van der Waals surface area (Å²) >= 11 is 0.860. The van der Waals surface area contributed by atoms with Crippen LogP contribution in [0.2, 0.25) is 0 Å². The van der Waals surface area contributed by atoms with Gasteiger partial charge in [0, 0.05) is 38.8 Å². The van der Waals surface area contributed by atoms with E-state index in [1.807, 2.05) is 0 Å². The molecule has 1 aromatic rings. The van der Waals surface area contributed by atoms with Crippen LogP contribution in [0, 0.1) is 10.1 Å². The number of thiophene rings is 1. The summed E-state index contributed by atoms with van der Waals surface area (Å²) in [6.07, 6.45) is 1.43. The molecule has 2 fully saturated rings. The van der Waals surface area contributed by atoms with Crippen molar-refractivity contribution in [2.24, 2.45) is 0 Å². The number of carbonyl (C=O) groups excluding carboxylic acids is 2. The molecule has 1 atom stereocenters. The van der Waals surface area contributed by atoms with Gasteiger partial charge in [-0.15, -0.1) is 0 Å². The van der Waals surface area contributed by atoms with Crippen molar-refractivity contribution in [3.05, 3.63) is 27.1 Å². The third-order valence-corrected chi connectivity index (χ3v) is 5.23. The van der Waals surface area contributed by atoms with Crippen LogP contribution in [-0.4, -0.2) is 65.3 Å². The predicted molar refractivity (Wildman–Crippen MR) is 84.5 cm³/mol. The average molecular weight is 338 g/mol. The van der Waals surface area contributed by atoms with Crippen molar-refractivity contribution in [3.8, 4) is 0 Å². The fourth-order valence-electron chi connectivity index (χ4n) is 3.04. The minimum Gasteiger partial charge on any atom is -0.338 e. The smallest absolute Gasteiger partial charge is 0.324 e. The van der Waals surface area contributed by atoms with Gasteiger partial charge in [0.25, 0.3) is 5.91 Å². The summed E-state index contributed by atoms with van der Waals surface area (Å²) in [7, 11) is 0. The largest absolute Gasteiger partial charge is 0.338 e. The maximum Gasteiger partial charge on any atom is 0.324 e. The normalized spacial score (nSPS) is 21.5. The van der Waals surface area contributed by atoms with E-state index in [-0.39, 0.29) is 16.8 Å². The van der Waals surface area contributed by atoms with E-state index in [4.69, 9.17) is 0 Å². The van der Waals surface area contributed by atoms with E-state index in [0.29, 0.717) is 30.9 Å². The number of rotatable bonds is 3. The van der Waals surface area contributed by atoms with Gasteiger partial charge in [0.2, 0.25) is 5.91 Å². The lowest BCUT2D eigenvalue weighted by Gasteiger charge is -2.32. The van der Waals surface area contributed by atoms with E-state index in [0.717, 1.165) is 30.8 Å². The van der Waals surface area contributed by atoms with Crippen LogP contribution in [-0.2, 0) is 4.79 Å². The number of nitro groups is 1. The second kappa shape index (κ2) is 6.63. The van der Waals surface area contributed by atoms with Crippen LogP contribution in [0.25, 0.3) is 0 Å². The molecule has 9 heteroatoms. The van der Waals surface area contributed by atoms with E-state index in [2.05, 4.69) is 5.32 Å². The molecular formula is C14H18N4O4S. The second-order valence-corrected chi connectivity index (χ2v) is 6.69. The summed E-state index contributed by atoms with van der Waals surface area (Å²) in [5, 5.41) is 13.9. The highest BCUT2D eigenvalue weighted by Gasteiger charge is 2.37. The van der Waals surface area contributed by atoms with E-state index in [1.54, 1.807) is 9.80 Å². The molecule has 1 N–H and O–H groups in total. The molecule has 23 heavy (non-hydrogen) atoms. The maximum absolute atomic E-state index is 12.7. The quantitative estimate of drug-likeness (QED) is 0.646. The molecular weight excluding hydrogens is 320 g/mol. The summed E-state index contributed by atoms with van der Waals surface area (Å²) in [6, 6.07) is 2.36. The molecule has 3 heterocycles. The Morgan fingerprint density at radius 1 is 1.26 bits per heavy atom. The summed E-state index contributed by atoms with van der Waals surface area (Å²) in [5.74, 6) is -0.294. The molecule has 0 aliphatic carbocycles. The predicted octanol–water partition coefficient (Wildman–Crippen LogP) is 0.693. The highest BCUT2D eigenvalue weighted by atomic mass is 32.1. The van der Waals surface area contributed by atoms with Crippen LogP contribution in [0.5, 0.6) is 0 Å². The van der Waals surface area contributed by atoms with E-state index in [9.17, 15) is 19.7 Å². The van der Waals surface area contributed by atoms with Crippen LogP contribution >= 0.6 is 11.3 Å². The van der Waals surface area contributed by atoms with E-state index >= 15 is 0 Å². The number of amides is 2. The van der Waals surface area contributed by atoms with Gasteiger partial charge in [-0.1, -0.05) is 11.3 Å². The number of hydrogen-bond donors (Lipinski definition) is 1. The SMILES string of the molecule is O=C(C1CCCN1C(=O)c1ccc([N+](=O)[O-])s1)N1CCNCC1. The van der Waals surface area contributed by atoms with Crippen molar-refractivity contribution < 1.29 is 14.5 Å². The molecule has 2 saturated heterocycles. The topological polar surface area (TPSA) is 95.8 Å². The Bertz CT molecular complexity index is 626. The fraction of sp³-hybridized carbons (Fsp3) is 0.571. The molecule has 124 valence electrons. The van der Waals surface area contributed by atoms with Crippen LogP contribution in [0.4, 0.5) is 5.00 Å². The van der Waals surface area contributed by atoms with Gasteiger partial charge in [-0.3, -0.25) is 19.7 Å². The second-order valence-electron chi connectivity index (χ2n) is 5.63. The van der Waals surface area contributed by atoms with Gasteiger partial charge in [-0.25, -0.2) is 0 Å². The van der Waals surface area contributed by atoms with Crippen molar-refractivity contribution >= 4 is 28.2 Å². The first kappa shape index (κ1) is 15.9. The number of carbonyl (C=O) groups is 2. The average Bonchev–Trinajstić information content (AvgIpc) is 3.23. The summed E-state index contributed by atoms with van der Waals surface area (Å²) in [5.41, 5.74) is 0. The highest BCUT2D eigenvalue weighted by molar-refractivity contribution is 7.17. The van der Waals surface area contributed by atoms with E-state index in [1.165, 1.54) is 12.1 Å². The zero-order chi connectivity index (χ0) is 16.4. The first-order valence-corrected chi connectivity index (χ1v) is 8.44. The molecule has 0 spiro atoms. The first-order valence-electron chi connectivity index (χ1n) is 7.62. The lowest BCUT2D eigenvalue weighted by Crippen LogP contribution is -2.53. The van der Waals surface area contributed by atoms with Crippen LogP contribution in [0.15, 0.2) is 12.1 Å². The van der Waals surface area contributed by atoms with Gasteiger partial charge in [-0.05, 0) is 18.9 Å². The van der Waals surface area contributed by atoms with Crippen molar-refractivity contribution in [2.45, 2.75) is 18.9 Å². The van der Waals surface area contributed by atoms with Gasteiger partial charge >= 0.3 is 5.00 Å². The molecule has 0 aromatic carbocycles. The first-order chi connectivity index (χ1) is 11.1. The van der Waals surface area contributed by atoms with Gasteiger partial charge in [0.15, 0.2) is 0 Å². The highest BCUT2D eigenvalue weighted by Crippen LogP contribution is 2.28. The minimum atomic E-state index is -0.505. The lowest BCUT2D eigenvalue weighted by molar-refractivity contribution is -0.380. The molecule has 8 nitrogen and oxygen atoms in total. The lowest BCUT2D eigenvalue weighted by atomic mass is 10.1. The zero-order valence-corrected chi connectivity index (χ0v) is 13.4. The number of nitrogens with zero attached hydrogens (tertiary/aromatic N) is 3. The number of likely N-dealkylation sites (tertiary alicyclic amines) is 1. The summed E-state index contributed by atoms with van der Waals surface area (Å²) in [6.45, 7) is 3.36. The Morgan fingerprint density at radius 3 is 2.65 bits per heavy atom. The zero-order valence-electron chi connectivity index (χ0n) is 12.6. The molecule has 3 rings (SSSR count). The number of nitrogens with one attached hydrogen (secondary N) is 1. The van der Waals surface area contributed by atoms with Gasteiger partial charge < -0.3 is 15.1 Å². The fourth-order valence-corrected chi connectivity index (χ4v) is 3.82. The summed E-state index contributed by atoms with van der Waals surface area (Å²) < 4.78 is 0. The van der Waals surface area contributed by atoms with Crippen LogP contribution < -0.4 is 5.32 Å².